The molecular weight excluding hydrogens is 393 g/mol. The van der Waals surface area contributed by atoms with Gasteiger partial charge in [0.25, 0.3) is 0 Å². The highest BCUT2D eigenvalue weighted by Gasteiger charge is 2.17. The first-order valence-electron chi connectivity index (χ1n) is 10.1. The first kappa shape index (κ1) is 20.8. The van der Waals surface area contributed by atoms with Crippen molar-refractivity contribution < 1.29 is 9.18 Å². The number of halogens is 1. The zero-order valence-corrected chi connectivity index (χ0v) is 17.5. The molecule has 158 valence electrons. The fraction of sp³-hybridized carbons (Fsp3) is 0.200. The van der Waals surface area contributed by atoms with Crippen molar-refractivity contribution in [1.82, 2.24) is 14.8 Å². The van der Waals surface area contributed by atoms with Crippen LogP contribution in [0.25, 0.3) is 21.8 Å². The maximum Gasteiger partial charge on any atom is 0.240 e. The number of pyridine rings is 1. The van der Waals surface area contributed by atoms with E-state index in [4.69, 9.17) is 0 Å². The average Bonchev–Trinajstić information content (AvgIpc) is 2.76. The number of carbonyl (C=O) groups is 1. The van der Waals surface area contributed by atoms with Crippen LogP contribution in [-0.2, 0) is 11.3 Å². The summed E-state index contributed by atoms with van der Waals surface area (Å²) in [6, 6.07) is 20.9. The number of carbonyl (C=O) groups excluding carboxylic acids is 1. The number of amides is 1. The normalized spacial score (nSPS) is 12.4. The number of likely N-dealkylation sites (N-methyl/N-ethyl adjacent to an activating group) is 1. The van der Waals surface area contributed by atoms with Crippen LogP contribution in [0.5, 0.6) is 0 Å². The average molecular weight is 417 g/mol. The minimum atomic E-state index is -0.304. The summed E-state index contributed by atoms with van der Waals surface area (Å²) in [5.41, 5.74) is 2.19. The summed E-state index contributed by atoms with van der Waals surface area (Å²) >= 11 is 0. The Labute approximate surface area is 179 Å². The second-order valence-corrected chi connectivity index (χ2v) is 7.79. The number of benzene rings is 3. The molecule has 0 saturated heterocycles. The molecule has 0 bridgehead atoms. The van der Waals surface area contributed by atoms with Crippen molar-refractivity contribution in [2.45, 2.75) is 12.6 Å². The second-order valence-electron chi connectivity index (χ2n) is 7.79. The van der Waals surface area contributed by atoms with Gasteiger partial charge in [-0.2, -0.15) is 0 Å². The molecule has 0 aliphatic carbocycles. The monoisotopic (exact) mass is 417 g/mol. The second kappa shape index (κ2) is 8.70. The first-order chi connectivity index (χ1) is 15.0. The summed E-state index contributed by atoms with van der Waals surface area (Å²) in [4.78, 5) is 27.7. The van der Waals surface area contributed by atoms with Gasteiger partial charge < -0.3 is 14.8 Å². The SMILES string of the molecule is CN(C)[C@H](CNC(=O)Cn1c2ccccc2c(=O)c2ccccc21)c1cccc(F)c1. The summed E-state index contributed by atoms with van der Waals surface area (Å²) in [5.74, 6) is -0.482. The van der Waals surface area contributed by atoms with Crippen LogP contribution in [0.4, 0.5) is 4.39 Å². The van der Waals surface area contributed by atoms with Gasteiger partial charge in [-0.1, -0.05) is 36.4 Å². The topological polar surface area (TPSA) is 54.3 Å². The Balaban J connectivity index is 1.62. The Morgan fingerprint density at radius 1 is 0.968 bits per heavy atom. The lowest BCUT2D eigenvalue weighted by Gasteiger charge is -2.25. The van der Waals surface area contributed by atoms with Crippen LogP contribution in [0.1, 0.15) is 11.6 Å². The van der Waals surface area contributed by atoms with E-state index in [9.17, 15) is 14.0 Å². The van der Waals surface area contributed by atoms with E-state index in [-0.39, 0.29) is 29.7 Å². The predicted molar refractivity (Wildman–Crippen MR) is 122 cm³/mol. The van der Waals surface area contributed by atoms with Crippen molar-refractivity contribution in [2.24, 2.45) is 0 Å². The first-order valence-corrected chi connectivity index (χ1v) is 10.1. The van der Waals surface area contributed by atoms with Crippen molar-refractivity contribution in [2.75, 3.05) is 20.6 Å². The van der Waals surface area contributed by atoms with E-state index in [1.807, 2.05) is 66.0 Å². The highest BCUT2D eigenvalue weighted by Crippen LogP contribution is 2.20. The van der Waals surface area contributed by atoms with Gasteiger partial charge in [-0.3, -0.25) is 9.59 Å². The van der Waals surface area contributed by atoms with Crippen molar-refractivity contribution in [3.63, 3.8) is 0 Å². The lowest BCUT2D eigenvalue weighted by atomic mass is 10.1. The summed E-state index contributed by atoms with van der Waals surface area (Å²) in [6.45, 7) is 0.413. The van der Waals surface area contributed by atoms with Gasteiger partial charge in [0.2, 0.25) is 5.91 Å². The van der Waals surface area contributed by atoms with E-state index in [2.05, 4.69) is 5.32 Å². The van der Waals surface area contributed by atoms with Gasteiger partial charge in [0.1, 0.15) is 12.4 Å². The summed E-state index contributed by atoms with van der Waals surface area (Å²) in [7, 11) is 3.79. The van der Waals surface area contributed by atoms with Crippen molar-refractivity contribution in [3.8, 4) is 0 Å². The van der Waals surface area contributed by atoms with E-state index in [1.54, 1.807) is 18.2 Å². The lowest BCUT2D eigenvalue weighted by molar-refractivity contribution is -0.121. The number of nitrogens with zero attached hydrogens (tertiary/aromatic N) is 2. The van der Waals surface area contributed by atoms with Gasteiger partial charge in [-0.15, -0.1) is 0 Å². The molecule has 4 rings (SSSR count). The Kier molecular flexibility index (Phi) is 5.82. The van der Waals surface area contributed by atoms with E-state index >= 15 is 0 Å². The summed E-state index contributed by atoms with van der Waals surface area (Å²) in [5, 5.41) is 4.14. The van der Waals surface area contributed by atoms with Crippen LogP contribution in [0.3, 0.4) is 0 Å². The Hall–Kier alpha value is -3.51. The molecule has 0 aliphatic rings. The van der Waals surface area contributed by atoms with Gasteiger partial charge in [-0.05, 0) is 56.1 Å². The van der Waals surface area contributed by atoms with Gasteiger partial charge in [0.05, 0.1) is 17.1 Å². The number of rotatable bonds is 6. The molecule has 1 heterocycles. The van der Waals surface area contributed by atoms with Crippen LogP contribution in [0.2, 0.25) is 0 Å². The van der Waals surface area contributed by atoms with E-state index in [0.29, 0.717) is 17.3 Å². The fourth-order valence-electron chi connectivity index (χ4n) is 3.97. The quantitative estimate of drug-likeness (QED) is 0.487. The van der Waals surface area contributed by atoms with Crippen LogP contribution >= 0.6 is 0 Å². The summed E-state index contributed by atoms with van der Waals surface area (Å²) in [6.07, 6.45) is 0. The fourth-order valence-corrected chi connectivity index (χ4v) is 3.97. The van der Waals surface area contributed by atoms with Crippen molar-refractivity contribution >= 4 is 27.7 Å². The number of aromatic nitrogens is 1. The third-order valence-corrected chi connectivity index (χ3v) is 5.53. The molecule has 5 nitrogen and oxygen atoms in total. The molecule has 4 aromatic rings. The number of fused-ring (bicyclic) bond motifs is 2. The standard InChI is InChI=1S/C25H24FN3O2/c1-28(2)23(17-8-7-9-18(26)14-17)15-27-24(30)16-29-21-12-5-3-10-19(21)25(31)20-11-4-6-13-22(20)29/h3-14,23H,15-16H2,1-2H3,(H,27,30)/t23-/m1/s1. The lowest BCUT2D eigenvalue weighted by Crippen LogP contribution is -2.36. The Bertz CT molecular complexity index is 1250. The van der Waals surface area contributed by atoms with Crippen LogP contribution < -0.4 is 10.7 Å². The third kappa shape index (κ3) is 4.20. The maximum atomic E-state index is 13.7. The number of para-hydroxylation sites is 2. The molecular formula is C25H24FN3O2. The van der Waals surface area contributed by atoms with Crippen LogP contribution in [0.15, 0.2) is 77.6 Å². The number of hydrogen-bond acceptors (Lipinski definition) is 3. The van der Waals surface area contributed by atoms with Crippen molar-refractivity contribution in [1.29, 1.82) is 0 Å². The predicted octanol–water partition coefficient (Wildman–Crippen LogP) is 3.71. The zero-order valence-electron chi connectivity index (χ0n) is 17.5. The Morgan fingerprint density at radius 3 is 2.16 bits per heavy atom. The minimum Gasteiger partial charge on any atom is -0.353 e. The van der Waals surface area contributed by atoms with E-state index < -0.39 is 0 Å². The van der Waals surface area contributed by atoms with Gasteiger partial charge in [-0.25, -0.2) is 4.39 Å². The Morgan fingerprint density at radius 2 is 1.58 bits per heavy atom. The molecule has 0 aliphatic heterocycles. The largest absolute Gasteiger partial charge is 0.353 e. The van der Waals surface area contributed by atoms with Crippen LogP contribution in [-0.4, -0.2) is 36.0 Å². The molecule has 1 atom stereocenters. The third-order valence-electron chi connectivity index (χ3n) is 5.53. The van der Waals surface area contributed by atoms with Gasteiger partial charge in [0, 0.05) is 17.3 Å². The molecule has 1 aromatic heterocycles. The number of nitrogens with one attached hydrogen (secondary N) is 1. The van der Waals surface area contributed by atoms with E-state index in [0.717, 1.165) is 16.6 Å². The molecule has 0 radical (unpaired) electrons. The molecule has 0 fully saturated rings. The molecule has 31 heavy (non-hydrogen) atoms. The zero-order chi connectivity index (χ0) is 22.0. The highest BCUT2D eigenvalue weighted by atomic mass is 19.1. The smallest absolute Gasteiger partial charge is 0.240 e. The molecule has 6 heteroatoms. The number of hydrogen-bond donors (Lipinski definition) is 1. The maximum absolute atomic E-state index is 13.7. The van der Waals surface area contributed by atoms with E-state index in [1.165, 1.54) is 12.1 Å². The molecule has 0 spiro atoms. The highest BCUT2D eigenvalue weighted by molar-refractivity contribution is 5.94. The molecule has 1 N–H and O–H groups in total. The van der Waals surface area contributed by atoms with Gasteiger partial charge in [0.15, 0.2) is 5.43 Å². The van der Waals surface area contributed by atoms with Crippen LogP contribution in [0, 0.1) is 5.82 Å². The molecule has 0 saturated carbocycles. The summed E-state index contributed by atoms with van der Waals surface area (Å²) < 4.78 is 15.5. The van der Waals surface area contributed by atoms with Gasteiger partial charge >= 0.3 is 0 Å². The van der Waals surface area contributed by atoms with Crippen molar-refractivity contribution in [3.05, 3.63) is 94.4 Å². The molecule has 0 unspecified atom stereocenters. The minimum absolute atomic E-state index is 0.0402. The molecule has 3 aromatic carbocycles. The molecule has 1 amide bonds.